The summed E-state index contributed by atoms with van der Waals surface area (Å²) < 4.78 is 1.01. The Labute approximate surface area is 230 Å². The SMILES string of the molecule is C=C(C)c1ccccc1NC(=O)c1ccc2ncsc2c1.CC.Cc1cc(CN2CCNCC2)cnc1C. The monoisotopic (exact) mass is 529 g/mol. The molecule has 1 saturated heterocycles. The number of carbonyl (C=O) groups excluding carboxylic acids is 1. The van der Waals surface area contributed by atoms with Crippen LogP contribution in [0.15, 0.2) is 66.8 Å². The second-order valence-corrected chi connectivity index (χ2v) is 9.97. The maximum atomic E-state index is 12.4. The van der Waals surface area contributed by atoms with Crippen molar-refractivity contribution in [2.24, 2.45) is 0 Å². The zero-order valence-corrected chi connectivity index (χ0v) is 24.0. The lowest BCUT2D eigenvalue weighted by Crippen LogP contribution is -2.42. The Hall–Kier alpha value is -3.39. The van der Waals surface area contributed by atoms with Gasteiger partial charge in [0.2, 0.25) is 0 Å². The highest BCUT2D eigenvalue weighted by Crippen LogP contribution is 2.24. The van der Waals surface area contributed by atoms with Crippen LogP contribution >= 0.6 is 11.3 Å². The van der Waals surface area contributed by atoms with Crippen molar-refractivity contribution in [2.75, 3.05) is 31.5 Å². The second kappa shape index (κ2) is 14.5. The first-order valence-corrected chi connectivity index (χ1v) is 14.0. The minimum atomic E-state index is -0.126. The van der Waals surface area contributed by atoms with Gasteiger partial charge in [0, 0.05) is 61.4 Å². The highest BCUT2D eigenvalue weighted by Gasteiger charge is 2.11. The van der Waals surface area contributed by atoms with Gasteiger partial charge >= 0.3 is 0 Å². The van der Waals surface area contributed by atoms with Crippen LogP contribution in [0.2, 0.25) is 0 Å². The van der Waals surface area contributed by atoms with E-state index in [1.54, 1.807) is 11.6 Å². The minimum absolute atomic E-state index is 0.126. The number of aryl methyl sites for hydroxylation is 2. The smallest absolute Gasteiger partial charge is 0.255 e. The van der Waals surface area contributed by atoms with E-state index in [9.17, 15) is 4.79 Å². The first-order valence-electron chi connectivity index (χ1n) is 13.2. The fourth-order valence-corrected chi connectivity index (χ4v) is 4.79. The van der Waals surface area contributed by atoms with E-state index in [-0.39, 0.29) is 5.91 Å². The number of pyridine rings is 1. The summed E-state index contributed by atoms with van der Waals surface area (Å²) >= 11 is 1.53. The highest BCUT2D eigenvalue weighted by molar-refractivity contribution is 7.16. The Morgan fingerprint density at radius 1 is 1.08 bits per heavy atom. The number of hydrogen-bond acceptors (Lipinski definition) is 6. The molecule has 200 valence electrons. The molecule has 0 radical (unpaired) electrons. The summed E-state index contributed by atoms with van der Waals surface area (Å²) in [6.07, 6.45) is 2.00. The molecule has 7 heteroatoms. The maximum absolute atomic E-state index is 12.4. The molecule has 1 amide bonds. The van der Waals surface area contributed by atoms with Gasteiger partial charge in [-0.25, -0.2) is 4.98 Å². The lowest BCUT2D eigenvalue weighted by atomic mass is 10.1. The van der Waals surface area contributed by atoms with Gasteiger partial charge in [0.25, 0.3) is 5.91 Å². The Bertz CT molecular complexity index is 1360. The average Bonchev–Trinajstić information content (AvgIpc) is 3.41. The largest absolute Gasteiger partial charge is 0.321 e. The number of para-hydroxylation sites is 1. The van der Waals surface area contributed by atoms with Crippen LogP contribution in [0, 0.1) is 13.8 Å². The topological polar surface area (TPSA) is 70.2 Å². The molecule has 5 rings (SSSR count). The number of anilines is 1. The van der Waals surface area contributed by atoms with Gasteiger partial charge in [0.15, 0.2) is 0 Å². The van der Waals surface area contributed by atoms with Gasteiger partial charge in [-0.2, -0.15) is 0 Å². The quantitative estimate of drug-likeness (QED) is 0.301. The molecule has 2 aromatic carbocycles. The van der Waals surface area contributed by atoms with Crippen LogP contribution in [0.5, 0.6) is 0 Å². The molecule has 0 aliphatic carbocycles. The lowest BCUT2D eigenvalue weighted by Gasteiger charge is -2.27. The molecular weight excluding hydrogens is 490 g/mol. The number of rotatable bonds is 5. The van der Waals surface area contributed by atoms with Gasteiger partial charge < -0.3 is 10.6 Å². The number of amides is 1. The molecule has 38 heavy (non-hydrogen) atoms. The van der Waals surface area contributed by atoms with Gasteiger partial charge in [0.05, 0.1) is 15.7 Å². The zero-order valence-electron chi connectivity index (χ0n) is 23.2. The van der Waals surface area contributed by atoms with E-state index in [1.807, 2.05) is 63.4 Å². The van der Waals surface area contributed by atoms with E-state index in [0.717, 1.165) is 65.5 Å². The van der Waals surface area contributed by atoms with E-state index >= 15 is 0 Å². The van der Waals surface area contributed by atoms with Crippen LogP contribution < -0.4 is 10.6 Å². The summed E-state index contributed by atoms with van der Waals surface area (Å²) in [6, 6.07) is 15.4. The van der Waals surface area contributed by atoms with Crippen LogP contribution in [-0.4, -0.2) is 47.0 Å². The zero-order chi connectivity index (χ0) is 27.5. The van der Waals surface area contributed by atoms with Crippen molar-refractivity contribution in [3.8, 4) is 0 Å². The van der Waals surface area contributed by atoms with Crippen molar-refractivity contribution in [3.63, 3.8) is 0 Å². The molecule has 1 aliphatic heterocycles. The third kappa shape index (κ3) is 8.05. The van der Waals surface area contributed by atoms with Crippen LogP contribution in [0.25, 0.3) is 15.8 Å². The van der Waals surface area contributed by atoms with Crippen molar-refractivity contribution in [2.45, 2.75) is 41.2 Å². The van der Waals surface area contributed by atoms with Crippen LogP contribution in [0.3, 0.4) is 0 Å². The maximum Gasteiger partial charge on any atom is 0.255 e. The molecule has 2 aromatic heterocycles. The van der Waals surface area contributed by atoms with E-state index < -0.39 is 0 Å². The predicted octanol–water partition coefficient (Wildman–Crippen LogP) is 6.71. The predicted molar refractivity (Wildman–Crippen MR) is 162 cm³/mol. The first kappa shape index (κ1) is 29.2. The Balaban J connectivity index is 0.000000208. The normalized spacial score (nSPS) is 13.1. The molecule has 0 saturated carbocycles. The number of piperazine rings is 1. The molecule has 0 bridgehead atoms. The van der Waals surface area contributed by atoms with Gasteiger partial charge in [-0.05, 0) is 61.7 Å². The summed E-state index contributed by atoms with van der Waals surface area (Å²) in [7, 11) is 0. The number of allylic oxidation sites excluding steroid dienone is 1. The number of nitrogens with zero attached hydrogens (tertiary/aromatic N) is 3. The molecule has 0 spiro atoms. The second-order valence-electron chi connectivity index (χ2n) is 9.09. The lowest BCUT2D eigenvalue weighted by molar-refractivity contribution is 0.102. The molecule has 3 heterocycles. The first-order chi connectivity index (χ1) is 18.4. The molecule has 1 aliphatic rings. The number of fused-ring (bicyclic) bond motifs is 1. The van der Waals surface area contributed by atoms with Gasteiger partial charge in [-0.3, -0.25) is 14.7 Å². The summed E-state index contributed by atoms with van der Waals surface area (Å²) in [5.41, 5.74) is 9.74. The molecule has 1 fully saturated rings. The summed E-state index contributed by atoms with van der Waals surface area (Å²) in [5, 5.41) is 6.31. The van der Waals surface area contributed by atoms with Crippen molar-refractivity contribution in [1.29, 1.82) is 0 Å². The third-order valence-corrected chi connectivity index (χ3v) is 7.03. The van der Waals surface area contributed by atoms with Crippen LogP contribution in [-0.2, 0) is 6.54 Å². The third-order valence-electron chi connectivity index (χ3n) is 6.24. The van der Waals surface area contributed by atoms with E-state index in [0.29, 0.717) is 5.56 Å². The number of benzene rings is 2. The van der Waals surface area contributed by atoms with Gasteiger partial charge in [-0.1, -0.05) is 44.7 Å². The molecule has 2 N–H and O–H groups in total. The molecule has 0 atom stereocenters. The van der Waals surface area contributed by atoms with Crippen molar-refractivity contribution in [1.82, 2.24) is 20.2 Å². The summed E-state index contributed by atoms with van der Waals surface area (Å²) in [4.78, 5) is 23.5. The molecule has 6 nitrogen and oxygen atoms in total. The minimum Gasteiger partial charge on any atom is -0.321 e. The summed E-state index contributed by atoms with van der Waals surface area (Å²) in [6.45, 7) is 19.6. The van der Waals surface area contributed by atoms with E-state index in [4.69, 9.17) is 0 Å². The molecular formula is C31H39N5OS. The number of hydrogen-bond donors (Lipinski definition) is 2. The van der Waals surface area contributed by atoms with Crippen molar-refractivity contribution < 1.29 is 4.79 Å². The number of carbonyl (C=O) groups is 1. The number of aromatic nitrogens is 2. The Morgan fingerprint density at radius 3 is 2.53 bits per heavy atom. The standard InChI is InChI=1S/C17H14N2OS.C12H19N3.C2H6/c1-11(2)13-5-3-4-6-14(13)19-17(20)12-7-8-15-16(9-12)21-10-18-15;1-10-7-12(8-14-11(10)2)9-15-5-3-13-4-6-15;1-2/h3-10H,1H2,2H3,(H,19,20);7-8,13H,3-6,9H2,1-2H3;1-2H3. The van der Waals surface area contributed by atoms with E-state index in [1.165, 1.54) is 22.5 Å². The fourth-order valence-electron chi connectivity index (χ4n) is 4.07. The Kier molecular flexibility index (Phi) is 11.1. The molecule has 0 unspecified atom stereocenters. The summed E-state index contributed by atoms with van der Waals surface area (Å²) in [5.74, 6) is -0.126. The van der Waals surface area contributed by atoms with Gasteiger partial charge in [0.1, 0.15) is 0 Å². The average molecular weight is 530 g/mol. The number of nitrogens with one attached hydrogen (secondary N) is 2. The van der Waals surface area contributed by atoms with Crippen LogP contribution in [0.1, 0.15) is 53.5 Å². The van der Waals surface area contributed by atoms with E-state index in [2.05, 4.69) is 52.0 Å². The molecule has 4 aromatic rings. The number of thiazole rings is 1. The van der Waals surface area contributed by atoms with Crippen molar-refractivity contribution >= 4 is 38.7 Å². The fraction of sp³-hybridized carbons (Fsp3) is 0.323. The highest BCUT2D eigenvalue weighted by atomic mass is 32.1. The van der Waals surface area contributed by atoms with Gasteiger partial charge in [-0.15, -0.1) is 11.3 Å². The van der Waals surface area contributed by atoms with Crippen molar-refractivity contribution in [3.05, 3.63) is 94.8 Å². The van der Waals surface area contributed by atoms with Crippen LogP contribution in [0.4, 0.5) is 5.69 Å². The Morgan fingerprint density at radius 2 is 1.82 bits per heavy atom.